The van der Waals surface area contributed by atoms with Gasteiger partial charge in [0.25, 0.3) is 0 Å². The molecule has 2 aromatic carbocycles. The summed E-state index contributed by atoms with van der Waals surface area (Å²) in [5, 5.41) is 0. The van der Waals surface area contributed by atoms with E-state index in [9.17, 15) is 4.79 Å². The first-order valence-electron chi connectivity index (χ1n) is 5.78. The van der Waals surface area contributed by atoms with Gasteiger partial charge in [0, 0.05) is 16.7 Å². The van der Waals surface area contributed by atoms with Crippen LogP contribution in [-0.4, -0.2) is 13.1 Å². The van der Waals surface area contributed by atoms with E-state index in [4.69, 9.17) is 9.47 Å². The summed E-state index contributed by atoms with van der Waals surface area (Å²) in [6.07, 6.45) is 0. The Labute approximate surface area is 116 Å². The van der Waals surface area contributed by atoms with Gasteiger partial charge in [-0.2, -0.15) is 0 Å². The molecule has 0 unspecified atom stereocenters. The Hall–Kier alpha value is -1.94. The number of benzene rings is 2. The Morgan fingerprint density at radius 2 is 1.37 bits per heavy atom. The zero-order chi connectivity index (χ0) is 13.7. The molecule has 0 atom stereocenters. The van der Waals surface area contributed by atoms with Gasteiger partial charge in [-0.15, -0.1) is 0 Å². The van der Waals surface area contributed by atoms with Crippen molar-refractivity contribution in [3.63, 3.8) is 0 Å². The zero-order valence-electron chi connectivity index (χ0n) is 10.8. The van der Waals surface area contributed by atoms with Crippen LogP contribution in [0.3, 0.4) is 0 Å². The van der Waals surface area contributed by atoms with Gasteiger partial charge in [0.2, 0.25) is 0 Å². The molecule has 0 saturated carbocycles. The number of carbonyl (C=O) groups is 1. The maximum absolute atomic E-state index is 10.8. The van der Waals surface area contributed by atoms with E-state index in [0.29, 0.717) is 5.75 Å². The summed E-state index contributed by atoms with van der Waals surface area (Å²) >= 11 is 1.64. The highest BCUT2D eigenvalue weighted by Crippen LogP contribution is 2.30. The fourth-order valence-corrected chi connectivity index (χ4v) is 2.34. The number of carbonyl (C=O) groups excluding carboxylic acids is 1. The third kappa shape index (κ3) is 4.03. The van der Waals surface area contributed by atoms with Gasteiger partial charge in [-0.3, -0.25) is 4.79 Å². The van der Waals surface area contributed by atoms with Crippen molar-refractivity contribution in [2.45, 2.75) is 16.7 Å². The van der Waals surface area contributed by atoms with Gasteiger partial charge < -0.3 is 9.47 Å². The Kier molecular flexibility index (Phi) is 4.47. The maximum Gasteiger partial charge on any atom is 0.308 e. The van der Waals surface area contributed by atoms with E-state index >= 15 is 0 Å². The molecule has 4 heteroatoms. The standard InChI is InChI=1S/C15H14O3S/c1-11(16)18-13-5-9-15(10-6-13)19-14-7-3-12(17-2)4-8-14/h3-10H,1-2H3. The van der Waals surface area contributed by atoms with Gasteiger partial charge in [-0.25, -0.2) is 0 Å². The normalized spacial score (nSPS) is 10.0. The number of hydrogen-bond donors (Lipinski definition) is 0. The molecule has 0 radical (unpaired) electrons. The van der Waals surface area contributed by atoms with Crippen molar-refractivity contribution in [2.75, 3.05) is 7.11 Å². The van der Waals surface area contributed by atoms with Crippen molar-refractivity contribution in [1.82, 2.24) is 0 Å². The molecular formula is C15H14O3S. The second kappa shape index (κ2) is 6.29. The Morgan fingerprint density at radius 1 is 0.895 bits per heavy atom. The van der Waals surface area contributed by atoms with Crippen molar-refractivity contribution in [3.8, 4) is 11.5 Å². The average molecular weight is 274 g/mol. The summed E-state index contributed by atoms with van der Waals surface area (Å²) in [7, 11) is 1.65. The van der Waals surface area contributed by atoms with Gasteiger partial charge >= 0.3 is 5.97 Å². The number of methoxy groups -OCH3 is 1. The molecule has 0 saturated heterocycles. The van der Waals surface area contributed by atoms with E-state index in [0.717, 1.165) is 15.5 Å². The van der Waals surface area contributed by atoms with Crippen LogP contribution in [-0.2, 0) is 4.79 Å². The van der Waals surface area contributed by atoms with Crippen LogP contribution in [0.1, 0.15) is 6.92 Å². The topological polar surface area (TPSA) is 35.5 Å². The predicted octanol–water partition coefficient (Wildman–Crippen LogP) is 3.77. The number of esters is 1. The van der Waals surface area contributed by atoms with Crippen LogP contribution in [0.15, 0.2) is 58.3 Å². The van der Waals surface area contributed by atoms with Crippen LogP contribution in [0.25, 0.3) is 0 Å². The SMILES string of the molecule is COc1ccc(Sc2ccc(OC(C)=O)cc2)cc1. The first kappa shape index (κ1) is 13.5. The van der Waals surface area contributed by atoms with E-state index in [-0.39, 0.29) is 5.97 Å². The molecule has 0 spiro atoms. The van der Waals surface area contributed by atoms with E-state index < -0.39 is 0 Å². The highest BCUT2D eigenvalue weighted by molar-refractivity contribution is 7.99. The summed E-state index contributed by atoms with van der Waals surface area (Å²) in [6.45, 7) is 1.39. The van der Waals surface area contributed by atoms with Crippen LogP contribution in [0, 0.1) is 0 Å². The molecule has 0 aliphatic rings. The minimum Gasteiger partial charge on any atom is -0.497 e. The fraction of sp³-hybridized carbons (Fsp3) is 0.133. The van der Waals surface area contributed by atoms with Crippen LogP contribution in [0.5, 0.6) is 11.5 Å². The second-order valence-corrected chi connectivity index (χ2v) is 4.99. The quantitative estimate of drug-likeness (QED) is 0.628. The van der Waals surface area contributed by atoms with Gasteiger partial charge in [0.15, 0.2) is 0 Å². The molecule has 2 rings (SSSR count). The predicted molar refractivity (Wildman–Crippen MR) is 74.9 cm³/mol. The summed E-state index contributed by atoms with van der Waals surface area (Å²) in [6, 6.07) is 15.3. The van der Waals surface area contributed by atoms with Crippen molar-refractivity contribution >= 4 is 17.7 Å². The molecule has 3 nitrogen and oxygen atoms in total. The molecule has 19 heavy (non-hydrogen) atoms. The summed E-state index contributed by atoms with van der Waals surface area (Å²) in [4.78, 5) is 13.0. The summed E-state index contributed by atoms with van der Waals surface area (Å²) in [5.41, 5.74) is 0. The van der Waals surface area contributed by atoms with Crippen molar-refractivity contribution in [2.24, 2.45) is 0 Å². The molecule has 2 aromatic rings. The highest BCUT2D eigenvalue weighted by Gasteiger charge is 2.01. The number of ether oxygens (including phenoxy) is 2. The van der Waals surface area contributed by atoms with Crippen LogP contribution < -0.4 is 9.47 Å². The molecule has 0 aromatic heterocycles. The lowest BCUT2D eigenvalue weighted by atomic mass is 10.3. The monoisotopic (exact) mass is 274 g/mol. The lowest BCUT2D eigenvalue weighted by Crippen LogP contribution is -2.00. The molecule has 0 amide bonds. The number of hydrogen-bond acceptors (Lipinski definition) is 4. The largest absolute Gasteiger partial charge is 0.497 e. The van der Waals surface area contributed by atoms with Crippen molar-refractivity contribution in [3.05, 3.63) is 48.5 Å². The average Bonchev–Trinajstić information content (AvgIpc) is 2.41. The Morgan fingerprint density at radius 3 is 1.79 bits per heavy atom. The first-order valence-corrected chi connectivity index (χ1v) is 6.59. The lowest BCUT2D eigenvalue weighted by Gasteiger charge is -2.05. The Bertz CT molecular complexity index is 547. The molecule has 0 fully saturated rings. The molecule has 98 valence electrons. The van der Waals surface area contributed by atoms with Gasteiger partial charge in [0.05, 0.1) is 7.11 Å². The zero-order valence-corrected chi connectivity index (χ0v) is 11.6. The summed E-state index contributed by atoms with van der Waals surface area (Å²) in [5.74, 6) is 1.09. The van der Waals surface area contributed by atoms with E-state index in [1.54, 1.807) is 31.0 Å². The van der Waals surface area contributed by atoms with E-state index in [2.05, 4.69) is 0 Å². The molecule has 0 bridgehead atoms. The number of rotatable bonds is 4. The van der Waals surface area contributed by atoms with Crippen LogP contribution in [0.4, 0.5) is 0 Å². The Balaban J connectivity index is 2.04. The maximum atomic E-state index is 10.8. The summed E-state index contributed by atoms with van der Waals surface area (Å²) < 4.78 is 10.1. The smallest absolute Gasteiger partial charge is 0.308 e. The third-order valence-electron chi connectivity index (χ3n) is 2.38. The van der Waals surface area contributed by atoms with Crippen LogP contribution in [0.2, 0.25) is 0 Å². The van der Waals surface area contributed by atoms with Crippen molar-refractivity contribution < 1.29 is 14.3 Å². The first-order chi connectivity index (χ1) is 9.17. The van der Waals surface area contributed by atoms with Gasteiger partial charge in [0.1, 0.15) is 11.5 Å². The molecule has 0 aliphatic carbocycles. The third-order valence-corrected chi connectivity index (χ3v) is 3.40. The molecule has 0 N–H and O–H groups in total. The van der Waals surface area contributed by atoms with Crippen molar-refractivity contribution in [1.29, 1.82) is 0 Å². The van der Waals surface area contributed by atoms with E-state index in [1.165, 1.54) is 6.92 Å². The minimum absolute atomic E-state index is 0.310. The highest BCUT2D eigenvalue weighted by atomic mass is 32.2. The molecule has 0 aliphatic heterocycles. The van der Waals surface area contributed by atoms with E-state index in [1.807, 2.05) is 36.4 Å². The lowest BCUT2D eigenvalue weighted by molar-refractivity contribution is -0.131. The second-order valence-electron chi connectivity index (χ2n) is 3.84. The fourth-order valence-electron chi connectivity index (χ4n) is 1.52. The van der Waals surface area contributed by atoms with Crippen LogP contribution >= 0.6 is 11.8 Å². The van der Waals surface area contributed by atoms with Gasteiger partial charge in [-0.1, -0.05) is 11.8 Å². The van der Waals surface area contributed by atoms with Gasteiger partial charge in [-0.05, 0) is 48.5 Å². The minimum atomic E-state index is -0.310. The molecule has 0 heterocycles. The molecular weight excluding hydrogens is 260 g/mol.